The Morgan fingerprint density at radius 2 is 1.17 bits per heavy atom. The lowest BCUT2D eigenvalue weighted by atomic mass is 10.1. The largest absolute Gasteiger partial charge is 0.493 e. The van der Waals surface area contributed by atoms with Crippen molar-refractivity contribution in [2.75, 3.05) is 13.2 Å². The van der Waals surface area contributed by atoms with Crippen molar-refractivity contribution in [2.45, 2.75) is 65.2 Å². The number of benzene rings is 2. The van der Waals surface area contributed by atoms with Gasteiger partial charge >= 0.3 is 0 Å². The van der Waals surface area contributed by atoms with Gasteiger partial charge in [-0.25, -0.2) is 0 Å². The van der Waals surface area contributed by atoms with Crippen LogP contribution >= 0.6 is 0 Å². The summed E-state index contributed by atoms with van der Waals surface area (Å²) in [5.74, 6) is 0.757. The van der Waals surface area contributed by atoms with Crippen LogP contribution in [0.5, 0.6) is 5.75 Å². The van der Waals surface area contributed by atoms with E-state index < -0.39 is 0 Å². The number of ether oxygens (including phenoxy) is 1. The zero-order valence-electron chi connectivity index (χ0n) is 18.3. The number of amides is 2. The third-order valence-corrected chi connectivity index (χ3v) is 5.81. The zero-order chi connectivity index (χ0) is 21.3. The van der Waals surface area contributed by atoms with E-state index in [0.29, 0.717) is 17.7 Å². The minimum absolute atomic E-state index is 0.140. The predicted octanol–water partition coefficient (Wildman–Crippen LogP) is 6.10. The number of carbonyl (C=O) groups is 2. The predicted molar refractivity (Wildman–Crippen MR) is 120 cm³/mol. The summed E-state index contributed by atoms with van der Waals surface area (Å²) in [4.78, 5) is 26.0. The third kappa shape index (κ3) is 5.50. The van der Waals surface area contributed by atoms with Gasteiger partial charge in [0, 0.05) is 6.54 Å². The van der Waals surface area contributed by atoms with Gasteiger partial charge < -0.3 is 4.74 Å². The number of rotatable bonds is 12. The topological polar surface area (TPSA) is 46.6 Å². The first-order valence-electron chi connectivity index (χ1n) is 11.2. The molecule has 1 aliphatic heterocycles. The molecule has 30 heavy (non-hydrogen) atoms. The average Bonchev–Trinajstić information content (AvgIpc) is 2.98. The summed E-state index contributed by atoms with van der Waals surface area (Å²) in [7, 11) is 0. The van der Waals surface area contributed by atoms with Gasteiger partial charge in [-0.3, -0.25) is 14.5 Å². The molecule has 0 spiro atoms. The lowest BCUT2D eigenvalue weighted by Gasteiger charge is -2.13. The Hall–Kier alpha value is -2.62. The average molecular weight is 408 g/mol. The van der Waals surface area contributed by atoms with Crippen LogP contribution in [0.1, 0.15) is 83.2 Å². The van der Waals surface area contributed by atoms with Gasteiger partial charge in [0.25, 0.3) is 11.8 Å². The van der Waals surface area contributed by atoms with Crippen LogP contribution in [0, 0.1) is 13.8 Å². The van der Waals surface area contributed by atoms with E-state index in [1.807, 2.05) is 12.1 Å². The maximum absolute atomic E-state index is 12.3. The van der Waals surface area contributed by atoms with Gasteiger partial charge in [-0.2, -0.15) is 0 Å². The smallest absolute Gasteiger partial charge is 0.261 e. The van der Waals surface area contributed by atoms with E-state index in [-0.39, 0.29) is 11.8 Å². The van der Waals surface area contributed by atoms with E-state index in [1.165, 1.54) is 41.7 Å². The molecule has 2 amide bonds. The van der Waals surface area contributed by atoms with Crippen LogP contribution in [0.25, 0.3) is 0 Å². The first kappa shape index (κ1) is 22.1. The Kier molecular flexibility index (Phi) is 8.06. The summed E-state index contributed by atoms with van der Waals surface area (Å²) < 4.78 is 5.96. The molecule has 0 unspecified atom stereocenters. The molecule has 1 aliphatic rings. The van der Waals surface area contributed by atoms with Crippen molar-refractivity contribution >= 4 is 11.8 Å². The Bertz CT molecular complexity index is 819. The number of nitrogens with zero attached hydrogens (tertiary/aromatic N) is 1. The van der Waals surface area contributed by atoms with E-state index >= 15 is 0 Å². The van der Waals surface area contributed by atoms with Crippen molar-refractivity contribution < 1.29 is 14.3 Å². The molecule has 4 nitrogen and oxygen atoms in total. The van der Waals surface area contributed by atoms with E-state index in [2.05, 4.69) is 32.0 Å². The normalized spacial score (nSPS) is 13.1. The zero-order valence-corrected chi connectivity index (χ0v) is 18.3. The molecule has 4 heteroatoms. The highest BCUT2D eigenvalue weighted by Crippen LogP contribution is 2.24. The summed E-state index contributed by atoms with van der Waals surface area (Å²) >= 11 is 0. The highest BCUT2D eigenvalue weighted by atomic mass is 16.5. The van der Waals surface area contributed by atoms with Gasteiger partial charge in [-0.15, -0.1) is 0 Å². The number of hydrogen-bond acceptors (Lipinski definition) is 3. The summed E-state index contributed by atoms with van der Waals surface area (Å²) in [6.07, 6.45) is 9.05. The fourth-order valence-electron chi connectivity index (χ4n) is 4.08. The SMILES string of the molecule is Cc1cccc(C)c1OCCCCCCCCCCN1C(=O)c2ccccc2C1=O. The van der Waals surface area contributed by atoms with E-state index in [1.54, 1.807) is 12.1 Å². The first-order chi connectivity index (χ1) is 14.6. The Labute approximate surface area is 180 Å². The molecule has 0 radical (unpaired) electrons. The maximum atomic E-state index is 12.3. The lowest BCUT2D eigenvalue weighted by molar-refractivity contribution is 0.0651. The molecule has 0 saturated carbocycles. The monoisotopic (exact) mass is 407 g/mol. The molecule has 0 aromatic heterocycles. The summed E-state index contributed by atoms with van der Waals surface area (Å²) in [6.45, 7) is 5.50. The molecule has 0 saturated heterocycles. The fourth-order valence-corrected chi connectivity index (χ4v) is 4.08. The maximum Gasteiger partial charge on any atom is 0.261 e. The number of fused-ring (bicyclic) bond motifs is 1. The van der Waals surface area contributed by atoms with Gasteiger partial charge in [-0.1, -0.05) is 68.9 Å². The molecule has 0 N–H and O–H groups in total. The Morgan fingerprint density at radius 3 is 1.73 bits per heavy atom. The molecule has 2 aromatic rings. The van der Waals surface area contributed by atoms with Crippen LogP contribution < -0.4 is 4.74 Å². The second-order valence-electron chi connectivity index (χ2n) is 8.21. The second kappa shape index (κ2) is 11.0. The molecule has 0 bridgehead atoms. The molecular weight excluding hydrogens is 374 g/mol. The van der Waals surface area contributed by atoms with Crippen LogP contribution in [-0.2, 0) is 0 Å². The van der Waals surface area contributed by atoms with Gasteiger partial charge in [0.1, 0.15) is 5.75 Å². The summed E-state index contributed by atoms with van der Waals surface area (Å²) in [5.41, 5.74) is 3.50. The Morgan fingerprint density at radius 1 is 0.667 bits per heavy atom. The van der Waals surface area contributed by atoms with Crippen LogP contribution in [0.3, 0.4) is 0 Å². The number of carbonyl (C=O) groups excluding carboxylic acids is 2. The highest BCUT2D eigenvalue weighted by molar-refractivity contribution is 6.21. The van der Waals surface area contributed by atoms with Crippen LogP contribution in [0.4, 0.5) is 0 Å². The quantitative estimate of drug-likeness (QED) is 0.315. The fraction of sp³-hybridized carbons (Fsp3) is 0.462. The Balaban J connectivity index is 1.20. The van der Waals surface area contributed by atoms with Crippen molar-refractivity contribution in [1.29, 1.82) is 0 Å². The van der Waals surface area contributed by atoms with E-state index in [4.69, 9.17) is 4.74 Å². The van der Waals surface area contributed by atoms with Crippen LogP contribution in [0.2, 0.25) is 0 Å². The molecular formula is C26H33NO3. The molecule has 3 rings (SSSR count). The van der Waals surface area contributed by atoms with Gasteiger partial charge in [0.2, 0.25) is 0 Å². The van der Waals surface area contributed by atoms with Gasteiger partial charge in [-0.05, 0) is 49.9 Å². The number of aryl methyl sites for hydroxylation is 2. The van der Waals surface area contributed by atoms with Crippen molar-refractivity contribution in [3.05, 3.63) is 64.7 Å². The van der Waals surface area contributed by atoms with Crippen molar-refractivity contribution in [1.82, 2.24) is 4.90 Å². The number of unbranched alkanes of at least 4 members (excludes halogenated alkanes) is 7. The molecule has 1 heterocycles. The van der Waals surface area contributed by atoms with Crippen LogP contribution in [0.15, 0.2) is 42.5 Å². The highest BCUT2D eigenvalue weighted by Gasteiger charge is 2.34. The summed E-state index contributed by atoms with van der Waals surface area (Å²) in [5, 5.41) is 0. The lowest BCUT2D eigenvalue weighted by Crippen LogP contribution is -2.30. The summed E-state index contributed by atoms with van der Waals surface area (Å²) in [6, 6.07) is 13.4. The number of imide groups is 1. The molecule has 2 aromatic carbocycles. The van der Waals surface area contributed by atoms with Crippen LogP contribution in [-0.4, -0.2) is 29.9 Å². The van der Waals surface area contributed by atoms with E-state index in [0.717, 1.165) is 38.0 Å². The molecule has 160 valence electrons. The standard InChI is InChI=1S/C26H33NO3/c1-20-14-13-15-21(2)24(20)30-19-12-8-6-4-3-5-7-11-18-27-25(28)22-16-9-10-17-23(22)26(27)29/h9-10,13-17H,3-8,11-12,18-19H2,1-2H3. The number of para-hydroxylation sites is 1. The minimum atomic E-state index is -0.140. The van der Waals surface area contributed by atoms with Crippen molar-refractivity contribution in [2.24, 2.45) is 0 Å². The molecule has 0 atom stereocenters. The second-order valence-corrected chi connectivity index (χ2v) is 8.21. The molecule has 0 fully saturated rings. The van der Waals surface area contributed by atoms with Gasteiger partial charge in [0.15, 0.2) is 0 Å². The number of hydrogen-bond donors (Lipinski definition) is 0. The minimum Gasteiger partial charge on any atom is -0.493 e. The van der Waals surface area contributed by atoms with E-state index in [9.17, 15) is 9.59 Å². The van der Waals surface area contributed by atoms with Crippen molar-refractivity contribution in [3.8, 4) is 5.75 Å². The third-order valence-electron chi connectivity index (χ3n) is 5.81. The molecule has 0 aliphatic carbocycles. The van der Waals surface area contributed by atoms with Crippen molar-refractivity contribution in [3.63, 3.8) is 0 Å². The van der Waals surface area contributed by atoms with Gasteiger partial charge in [0.05, 0.1) is 17.7 Å². The first-order valence-corrected chi connectivity index (χ1v) is 11.2.